The van der Waals surface area contributed by atoms with Gasteiger partial charge in [0.1, 0.15) is 17.4 Å². The number of ether oxygens (including phenoxy) is 2. The number of fused-ring (bicyclic) bond motifs is 1. The van der Waals surface area contributed by atoms with E-state index in [1.54, 1.807) is 47.8 Å². The minimum absolute atomic E-state index is 0.0800. The van der Waals surface area contributed by atoms with E-state index in [-0.39, 0.29) is 30.1 Å². The summed E-state index contributed by atoms with van der Waals surface area (Å²) in [6, 6.07) is 15.4. The van der Waals surface area contributed by atoms with Crippen molar-refractivity contribution in [2.24, 2.45) is 0 Å². The molecule has 0 amide bonds. The van der Waals surface area contributed by atoms with E-state index in [1.165, 1.54) is 24.3 Å². The van der Waals surface area contributed by atoms with Gasteiger partial charge in [-0.15, -0.1) is 0 Å². The third-order valence-corrected chi connectivity index (χ3v) is 7.18. The van der Waals surface area contributed by atoms with Crippen LogP contribution in [0.3, 0.4) is 0 Å². The summed E-state index contributed by atoms with van der Waals surface area (Å²) < 4.78 is 70.2. The summed E-state index contributed by atoms with van der Waals surface area (Å²) in [5.41, 5.74) is 2.80. The molecule has 0 bridgehead atoms. The Bertz CT molecular complexity index is 1660. The highest BCUT2D eigenvalue weighted by molar-refractivity contribution is 7.85. The van der Waals surface area contributed by atoms with Crippen molar-refractivity contribution in [2.75, 3.05) is 17.2 Å². The molecule has 1 heterocycles. The first kappa shape index (κ1) is 31.4. The van der Waals surface area contributed by atoms with Crippen LogP contribution in [0, 0.1) is 11.6 Å². The predicted octanol–water partition coefficient (Wildman–Crippen LogP) is 4.84. The van der Waals surface area contributed by atoms with E-state index in [9.17, 15) is 22.0 Å². The van der Waals surface area contributed by atoms with Crippen molar-refractivity contribution < 1.29 is 46.4 Å². The van der Waals surface area contributed by atoms with E-state index in [0.29, 0.717) is 48.1 Å². The molecule has 3 aromatic carbocycles. The first-order valence-corrected chi connectivity index (χ1v) is 15.0. The standard InChI is InChI=1S/C31H30F2N2O7S/c1-21(41-28-18-24(32)11-13-26(28)34-15-2-3-16-43(38,39)40)5-4-6-30-35(27-14-12-25(33)19-29(27)42-30)20-23-9-7-22(8-10-23)17-31(36)37/h4-14,18-19,34H,1-3,15-17,20H2,(H,36,37)(H,38,39,40)/p+1. The third-order valence-electron chi connectivity index (χ3n) is 6.37. The average molecular weight is 614 g/mol. The van der Waals surface area contributed by atoms with E-state index in [2.05, 4.69) is 6.58 Å². The topological polar surface area (TPSA) is 130 Å². The van der Waals surface area contributed by atoms with Gasteiger partial charge in [0.05, 0.1) is 31.0 Å². The number of nitrogens with zero attached hydrogens (tertiary/aromatic N) is 1. The molecule has 4 N–H and O–H groups in total. The molecule has 0 saturated heterocycles. The minimum atomic E-state index is -4.01. The van der Waals surface area contributed by atoms with E-state index in [0.717, 1.165) is 5.56 Å². The molecule has 0 aliphatic carbocycles. The van der Waals surface area contributed by atoms with Crippen LogP contribution in [-0.4, -0.2) is 36.3 Å². The molecule has 12 heteroatoms. The molecule has 4 rings (SSSR count). The zero-order valence-electron chi connectivity index (χ0n) is 23.1. The summed E-state index contributed by atoms with van der Waals surface area (Å²) in [4.78, 5) is 12.8. The molecule has 43 heavy (non-hydrogen) atoms. The van der Waals surface area contributed by atoms with Gasteiger partial charge in [-0.1, -0.05) is 36.9 Å². The number of hydrogen-bond acceptors (Lipinski definition) is 6. The van der Waals surface area contributed by atoms with Crippen molar-refractivity contribution in [3.05, 3.63) is 120 Å². The monoisotopic (exact) mass is 613 g/mol. The van der Waals surface area contributed by atoms with Crippen LogP contribution in [0.15, 0.2) is 97.1 Å². The lowest BCUT2D eigenvalue weighted by atomic mass is 10.1. The van der Waals surface area contributed by atoms with Crippen molar-refractivity contribution in [3.8, 4) is 11.5 Å². The van der Waals surface area contributed by atoms with Crippen LogP contribution in [0.4, 0.5) is 20.2 Å². The van der Waals surface area contributed by atoms with E-state index < -0.39 is 27.7 Å². The number of carbonyl (C=O) groups is 1. The van der Waals surface area contributed by atoms with Gasteiger partial charge in [-0.05, 0) is 54.3 Å². The molecule has 0 radical (unpaired) electrons. The number of quaternary nitrogens is 1. The van der Waals surface area contributed by atoms with Gasteiger partial charge in [-0.25, -0.2) is 8.78 Å². The number of anilines is 1. The lowest BCUT2D eigenvalue weighted by molar-refractivity contribution is -0.572. The second-order valence-electron chi connectivity index (χ2n) is 9.79. The van der Waals surface area contributed by atoms with Gasteiger partial charge in [0.25, 0.3) is 10.1 Å². The number of nitrogens with two attached hydrogens (primary N) is 1. The highest BCUT2D eigenvalue weighted by Gasteiger charge is 2.26. The Hall–Kier alpha value is -4.52. The summed E-state index contributed by atoms with van der Waals surface area (Å²) in [6.07, 6.45) is 5.53. The Labute approximate surface area is 248 Å². The van der Waals surface area contributed by atoms with Crippen molar-refractivity contribution in [1.82, 2.24) is 0 Å². The van der Waals surface area contributed by atoms with Crippen LogP contribution >= 0.6 is 0 Å². The fourth-order valence-corrected chi connectivity index (χ4v) is 4.92. The van der Waals surface area contributed by atoms with Crippen LogP contribution in [0.5, 0.6) is 11.5 Å². The first-order chi connectivity index (χ1) is 20.5. The largest absolute Gasteiger partial charge is 0.481 e. The lowest BCUT2D eigenvalue weighted by Gasteiger charge is -2.18. The Balaban J connectivity index is 1.44. The molecule has 0 saturated carbocycles. The van der Waals surface area contributed by atoms with Crippen LogP contribution in [0.2, 0.25) is 0 Å². The summed E-state index contributed by atoms with van der Waals surface area (Å²) in [6.45, 7) is 4.73. The maximum Gasteiger partial charge on any atom is 0.307 e. The number of halogens is 2. The number of allylic oxidation sites excluding steroid dienone is 3. The summed E-state index contributed by atoms with van der Waals surface area (Å²) >= 11 is 0. The van der Waals surface area contributed by atoms with Gasteiger partial charge in [0.2, 0.25) is 5.88 Å². The number of carboxylic acids is 1. The van der Waals surface area contributed by atoms with Crippen LogP contribution in [0.1, 0.15) is 24.0 Å². The zero-order valence-corrected chi connectivity index (χ0v) is 23.9. The van der Waals surface area contributed by atoms with Gasteiger partial charge in [-0.2, -0.15) is 8.42 Å². The van der Waals surface area contributed by atoms with Gasteiger partial charge in [-0.3, -0.25) is 9.35 Å². The number of rotatable bonds is 14. The molecule has 1 aliphatic heterocycles. The highest BCUT2D eigenvalue weighted by Crippen LogP contribution is 2.40. The molecule has 1 aliphatic rings. The van der Waals surface area contributed by atoms with Gasteiger partial charge >= 0.3 is 5.97 Å². The maximum atomic E-state index is 14.0. The first-order valence-electron chi connectivity index (χ1n) is 13.3. The fourth-order valence-electron chi connectivity index (χ4n) is 4.35. The lowest BCUT2D eigenvalue weighted by Crippen LogP contribution is -2.78. The Morgan fingerprint density at radius 3 is 2.44 bits per heavy atom. The van der Waals surface area contributed by atoms with Crippen molar-refractivity contribution in [1.29, 1.82) is 0 Å². The number of carboxylic acid groups (broad SMARTS) is 1. The quantitative estimate of drug-likeness (QED) is 0.0774. The molecular weight excluding hydrogens is 582 g/mol. The molecule has 9 nitrogen and oxygen atoms in total. The van der Waals surface area contributed by atoms with Gasteiger partial charge in [0.15, 0.2) is 17.2 Å². The normalized spacial score (nSPS) is 13.7. The summed E-state index contributed by atoms with van der Waals surface area (Å²) in [5.74, 6) is -1.02. The molecule has 226 valence electrons. The molecule has 0 spiro atoms. The maximum absolute atomic E-state index is 14.0. The molecule has 0 unspecified atom stereocenters. The summed E-state index contributed by atoms with van der Waals surface area (Å²) in [5, 5.41) is 10.8. The Morgan fingerprint density at radius 1 is 1.02 bits per heavy atom. The van der Waals surface area contributed by atoms with Crippen LogP contribution < -0.4 is 19.7 Å². The number of unbranched alkanes of at least 4 members (excludes halogenated alkanes) is 1. The van der Waals surface area contributed by atoms with Gasteiger partial charge < -0.3 is 24.8 Å². The van der Waals surface area contributed by atoms with Crippen molar-refractivity contribution >= 4 is 27.5 Å². The van der Waals surface area contributed by atoms with Gasteiger partial charge in [0, 0.05) is 18.2 Å². The number of aliphatic carboxylic acids is 1. The van der Waals surface area contributed by atoms with E-state index >= 15 is 0 Å². The SMILES string of the molecule is C=C(C=CC=C1Oc2cc(F)ccc2N1Cc1ccc(CC(=O)O)cc1)Oc1cc(F)ccc1[NH2+]CCCCS(=O)(=O)O. The molecular formula is C31H31F2N2O7S+. The molecule has 0 fully saturated rings. The Morgan fingerprint density at radius 2 is 1.72 bits per heavy atom. The minimum Gasteiger partial charge on any atom is -0.481 e. The van der Waals surface area contributed by atoms with Crippen LogP contribution in [0.25, 0.3) is 0 Å². The summed E-state index contributed by atoms with van der Waals surface area (Å²) in [7, 11) is -4.01. The van der Waals surface area contributed by atoms with E-state index in [1.807, 2.05) is 17.0 Å². The van der Waals surface area contributed by atoms with Crippen molar-refractivity contribution in [3.63, 3.8) is 0 Å². The molecule has 3 aromatic rings. The highest BCUT2D eigenvalue weighted by atomic mass is 32.2. The number of hydrogen-bond donors (Lipinski definition) is 3. The second kappa shape index (κ2) is 14.1. The van der Waals surface area contributed by atoms with Crippen LogP contribution in [-0.2, 0) is 27.9 Å². The Kier molecular flexibility index (Phi) is 10.3. The smallest absolute Gasteiger partial charge is 0.307 e. The second-order valence-corrected chi connectivity index (χ2v) is 11.4. The van der Waals surface area contributed by atoms with E-state index in [4.69, 9.17) is 19.1 Å². The predicted molar refractivity (Wildman–Crippen MR) is 156 cm³/mol. The zero-order chi connectivity index (χ0) is 31.0. The fraction of sp³-hybridized carbons (Fsp3) is 0.194. The molecule has 0 aromatic heterocycles. The van der Waals surface area contributed by atoms with Crippen molar-refractivity contribution in [2.45, 2.75) is 25.8 Å². The average Bonchev–Trinajstić information content (AvgIpc) is 3.25. The number of benzene rings is 3. The third kappa shape index (κ3) is 9.50. The molecule has 0 atom stereocenters.